The summed E-state index contributed by atoms with van der Waals surface area (Å²) in [6.07, 6.45) is 1.05. The van der Waals surface area contributed by atoms with Crippen LogP contribution in [0.25, 0.3) is 0 Å². The SMILES string of the molecule is N#Cc1ccc(NC(=O)CCCOc2ccccc2)cc1. The molecule has 0 saturated heterocycles. The Balaban J connectivity index is 1.69. The number of nitrogens with zero attached hydrogens (tertiary/aromatic N) is 1. The molecular formula is C17H16N2O2. The summed E-state index contributed by atoms with van der Waals surface area (Å²) in [4.78, 5) is 11.7. The maximum absolute atomic E-state index is 11.7. The smallest absolute Gasteiger partial charge is 0.224 e. The average molecular weight is 280 g/mol. The van der Waals surface area contributed by atoms with E-state index in [9.17, 15) is 4.79 Å². The van der Waals surface area contributed by atoms with Crippen LogP contribution in [0.15, 0.2) is 54.6 Å². The van der Waals surface area contributed by atoms with Crippen LogP contribution in [-0.2, 0) is 4.79 Å². The van der Waals surface area contributed by atoms with Crippen LogP contribution >= 0.6 is 0 Å². The van der Waals surface area contributed by atoms with Gasteiger partial charge in [0.15, 0.2) is 0 Å². The molecule has 0 aromatic heterocycles. The molecule has 4 nitrogen and oxygen atoms in total. The molecule has 0 atom stereocenters. The van der Waals surface area contributed by atoms with Crippen LogP contribution in [0.3, 0.4) is 0 Å². The number of rotatable bonds is 6. The number of nitrogens with one attached hydrogen (secondary N) is 1. The Morgan fingerprint density at radius 1 is 1.10 bits per heavy atom. The van der Waals surface area contributed by atoms with Crippen molar-refractivity contribution >= 4 is 11.6 Å². The molecule has 0 radical (unpaired) electrons. The van der Waals surface area contributed by atoms with E-state index in [1.165, 1.54) is 0 Å². The molecule has 21 heavy (non-hydrogen) atoms. The highest BCUT2D eigenvalue weighted by atomic mass is 16.5. The highest BCUT2D eigenvalue weighted by Gasteiger charge is 2.02. The van der Waals surface area contributed by atoms with Gasteiger partial charge in [0.1, 0.15) is 5.75 Å². The molecule has 2 aromatic carbocycles. The number of anilines is 1. The van der Waals surface area contributed by atoms with Crippen molar-refractivity contribution in [1.29, 1.82) is 5.26 Å². The van der Waals surface area contributed by atoms with Crippen LogP contribution < -0.4 is 10.1 Å². The van der Waals surface area contributed by atoms with Crippen molar-refractivity contribution in [2.75, 3.05) is 11.9 Å². The van der Waals surface area contributed by atoms with Gasteiger partial charge in [-0.05, 0) is 42.8 Å². The van der Waals surface area contributed by atoms with Gasteiger partial charge < -0.3 is 10.1 Å². The van der Waals surface area contributed by atoms with Crippen molar-refractivity contribution in [3.8, 4) is 11.8 Å². The zero-order chi connectivity index (χ0) is 14.9. The molecule has 0 fully saturated rings. The lowest BCUT2D eigenvalue weighted by Gasteiger charge is -2.07. The fourth-order valence-electron chi connectivity index (χ4n) is 1.79. The van der Waals surface area contributed by atoms with E-state index in [0.717, 1.165) is 5.75 Å². The molecule has 0 aliphatic carbocycles. The van der Waals surface area contributed by atoms with Crippen LogP contribution in [0, 0.1) is 11.3 Å². The summed E-state index contributed by atoms with van der Waals surface area (Å²) in [5.41, 5.74) is 1.27. The fourth-order valence-corrected chi connectivity index (χ4v) is 1.79. The van der Waals surface area contributed by atoms with Crippen LogP contribution in [0.1, 0.15) is 18.4 Å². The van der Waals surface area contributed by atoms with Gasteiger partial charge in [0.25, 0.3) is 0 Å². The molecule has 0 unspecified atom stereocenters. The third-order valence-corrected chi connectivity index (χ3v) is 2.86. The number of hydrogen-bond donors (Lipinski definition) is 1. The average Bonchev–Trinajstić information content (AvgIpc) is 2.53. The number of ether oxygens (including phenoxy) is 1. The zero-order valence-corrected chi connectivity index (χ0v) is 11.6. The molecule has 0 heterocycles. The van der Waals surface area contributed by atoms with Gasteiger partial charge in [-0.15, -0.1) is 0 Å². The van der Waals surface area contributed by atoms with E-state index in [4.69, 9.17) is 10.00 Å². The summed E-state index contributed by atoms with van der Waals surface area (Å²) in [6, 6.07) is 18.3. The van der Waals surface area contributed by atoms with Crippen LogP contribution in [0.5, 0.6) is 5.75 Å². The normalized spacial score (nSPS) is 9.67. The first-order valence-corrected chi connectivity index (χ1v) is 6.76. The molecule has 0 aliphatic rings. The van der Waals surface area contributed by atoms with Gasteiger partial charge in [-0.1, -0.05) is 18.2 Å². The summed E-state index contributed by atoms with van der Waals surface area (Å²) in [7, 11) is 0. The van der Waals surface area contributed by atoms with Crippen molar-refractivity contribution in [2.24, 2.45) is 0 Å². The molecule has 4 heteroatoms. The minimum Gasteiger partial charge on any atom is -0.494 e. The first kappa shape index (κ1) is 14.6. The van der Waals surface area contributed by atoms with Crippen LogP contribution in [-0.4, -0.2) is 12.5 Å². The number of benzene rings is 2. The monoisotopic (exact) mass is 280 g/mol. The summed E-state index contributed by atoms with van der Waals surface area (Å²) in [5.74, 6) is 0.751. The Morgan fingerprint density at radius 2 is 1.81 bits per heavy atom. The Labute approximate surface area is 124 Å². The topological polar surface area (TPSA) is 62.1 Å². The molecule has 0 bridgehead atoms. The van der Waals surface area contributed by atoms with Gasteiger partial charge in [-0.25, -0.2) is 0 Å². The summed E-state index contributed by atoms with van der Waals surface area (Å²) >= 11 is 0. The quantitative estimate of drug-likeness (QED) is 0.825. The van der Waals surface area contributed by atoms with Gasteiger partial charge in [-0.2, -0.15) is 5.26 Å². The predicted octanol–water partition coefficient (Wildman–Crippen LogP) is 3.36. The molecule has 1 amide bonds. The minimum absolute atomic E-state index is 0.0589. The largest absolute Gasteiger partial charge is 0.494 e. The third-order valence-electron chi connectivity index (χ3n) is 2.86. The lowest BCUT2D eigenvalue weighted by molar-refractivity contribution is -0.116. The van der Waals surface area contributed by atoms with Crippen molar-refractivity contribution < 1.29 is 9.53 Å². The summed E-state index contributed by atoms with van der Waals surface area (Å²) in [6.45, 7) is 0.505. The van der Waals surface area contributed by atoms with Gasteiger partial charge >= 0.3 is 0 Å². The van der Waals surface area contributed by atoms with Crippen molar-refractivity contribution in [3.63, 3.8) is 0 Å². The Bertz CT molecular complexity index is 615. The highest BCUT2D eigenvalue weighted by Crippen LogP contribution is 2.11. The number of para-hydroxylation sites is 1. The molecule has 0 spiro atoms. The van der Waals surface area contributed by atoms with Crippen molar-refractivity contribution in [3.05, 3.63) is 60.2 Å². The van der Waals surface area contributed by atoms with Gasteiger partial charge in [-0.3, -0.25) is 4.79 Å². The van der Waals surface area contributed by atoms with Gasteiger partial charge in [0, 0.05) is 12.1 Å². The van der Waals surface area contributed by atoms with E-state index < -0.39 is 0 Å². The van der Waals surface area contributed by atoms with E-state index in [1.54, 1.807) is 24.3 Å². The number of amides is 1. The summed E-state index contributed by atoms with van der Waals surface area (Å²) in [5, 5.41) is 11.5. The number of carbonyl (C=O) groups excluding carboxylic acids is 1. The molecule has 2 aromatic rings. The van der Waals surface area contributed by atoms with E-state index in [-0.39, 0.29) is 5.91 Å². The van der Waals surface area contributed by atoms with E-state index in [0.29, 0.717) is 30.7 Å². The predicted molar refractivity (Wildman–Crippen MR) is 81.0 cm³/mol. The molecule has 106 valence electrons. The first-order valence-electron chi connectivity index (χ1n) is 6.76. The van der Waals surface area contributed by atoms with E-state index in [2.05, 4.69) is 5.32 Å². The van der Waals surface area contributed by atoms with E-state index in [1.807, 2.05) is 36.4 Å². The first-order chi connectivity index (χ1) is 10.3. The fraction of sp³-hybridized carbons (Fsp3) is 0.176. The Morgan fingerprint density at radius 3 is 2.48 bits per heavy atom. The van der Waals surface area contributed by atoms with Gasteiger partial charge in [0.2, 0.25) is 5.91 Å². The standard InChI is InChI=1S/C17H16N2O2/c18-13-14-8-10-15(11-9-14)19-17(20)7-4-12-21-16-5-2-1-3-6-16/h1-3,5-6,8-11H,4,7,12H2,(H,19,20). The molecular weight excluding hydrogens is 264 g/mol. The van der Waals surface area contributed by atoms with Crippen molar-refractivity contribution in [1.82, 2.24) is 0 Å². The minimum atomic E-state index is -0.0589. The van der Waals surface area contributed by atoms with Crippen LogP contribution in [0.4, 0.5) is 5.69 Å². The number of hydrogen-bond acceptors (Lipinski definition) is 3. The highest BCUT2D eigenvalue weighted by molar-refractivity contribution is 5.90. The van der Waals surface area contributed by atoms with Crippen LogP contribution in [0.2, 0.25) is 0 Å². The molecule has 1 N–H and O–H groups in total. The van der Waals surface area contributed by atoms with Gasteiger partial charge in [0.05, 0.1) is 18.2 Å². The molecule has 2 rings (SSSR count). The number of nitriles is 1. The van der Waals surface area contributed by atoms with Crippen molar-refractivity contribution in [2.45, 2.75) is 12.8 Å². The maximum Gasteiger partial charge on any atom is 0.224 e. The third kappa shape index (κ3) is 5.00. The lowest BCUT2D eigenvalue weighted by atomic mass is 10.2. The maximum atomic E-state index is 11.7. The molecule has 0 aliphatic heterocycles. The van der Waals surface area contributed by atoms with E-state index >= 15 is 0 Å². The lowest BCUT2D eigenvalue weighted by Crippen LogP contribution is -2.12. The Hall–Kier alpha value is -2.80. The Kier molecular flexibility index (Phi) is 5.36. The zero-order valence-electron chi connectivity index (χ0n) is 11.6. The second-order valence-corrected chi connectivity index (χ2v) is 4.50. The molecule has 0 saturated carbocycles. The second kappa shape index (κ2) is 7.71. The second-order valence-electron chi connectivity index (χ2n) is 4.50. The summed E-state index contributed by atoms with van der Waals surface area (Å²) < 4.78 is 5.52. The number of carbonyl (C=O) groups is 1.